The minimum absolute atomic E-state index is 0.215. The second kappa shape index (κ2) is 15.2. The number of unbranched alkanes of at least 4 members (excludes halogenated alkanes) is 5. The minimum Gasteiger partial charge on any atom is -0.493 e. The van der Waals surface area contributed by atoms with Gasteiger partial charge in [0, 0.05) is 0 Å². The van der Waals surface area contributed by atoms with Crippen LogP contribution >= 0.6 is 0 Å². The van der Waals surface area contributed by atoms with Crippen molar-refractivity contribution in [1.29, 1.82) is 0 Å². The predicted molar refractivity (Wildman–Crippen MR) is 115 cm³/mol. The van der Waals surface area contributed by atoms with E-state index in [9.17, 15) is 9.59 Å². The predicted octanol–water partition coefficient (Wildman–Crippen LogP) is 4.93. The summed E-state index contributed by atoms with van der Waals surface area (Å²) in [7, 11) is 1.54. The number of nitrogens with one attached hydrogen (secondary N) is 2. The number of hydrogen-bond donors (Lipinski definition) is 2. The molecule has 0 heterocycles. The van der Waals surface area contributed by atoms with E-state index in [0.717, 1.165) is 12.8 Å². The van der Waals surface area contributed by atoms with Crippen LogP contribution in [0.25, 0.3) is 0 Å². The SMILES string of the molecule is CCCCCCCCOc1ccc(C(NC(=O)OCC)NC(=O)OCC)cc1OC. The van der Waals surface area contributed by atoms with Crippen molar-refractivity contribution in [3.05, 3.63) is 23.8 Å². The Bertz CT molecular complexity index is 618. The van der Waals surface area contributed by atoms with E-state index in [1.807, 2.05) is 0 Å². The van der Waals surface area contributed by atoms with E-state index in [4.69, 9.17) is 18.9 Å². The molecule has 1 aromatic carbocycles. The van der Waals surface area contributed by atoms with Gasteiger partial charge < -0.3 is 18.9 Å². The molecule has 2 amide bonds. The number of amides is 2. The summed E-state index contributed by atoms with van der Waals surface area (Å²) < 4.78 is 21.1. The number of ether oxygens (including phenoxy) is 4. The third-order valence-corrected chi connectivity index (χ3v) is 4.35. The summed E-state index contributed by atoms with van der Waals surface area (Å²) in [6.45, 7) is 6.64. The molecule has 0 fully saturated rings. The fourth-order valence-corrected chi connectivity index (χ4v) is 2.83. The minimum atomic E-state index is -0.843. The van der Waals surface area contributed by atoms with Gasteiger partial charge in [-0.1, -0.05) is 45.1 Å². The zero-order chi connectivity index (χ0) is 22.2. The third kappa shape index (κ3) is 9.71. The lowest BCUT2D eigenvalue weighted by atomic mass is 10.1. The molecule has 8 nitrogen and oxygen atoms in total. The van der Waals surface area contributed by atoms with Crippen LogP contribution in [-0.4, -0.2) is 39.1 Å². The van der Waals surface area contributed by atoms with Gasteiger partial charge in [0.05, 0.1) is 26.9 Å². The molecule has 0 unspecified atom stereocenters. The van der Waals surface area contributed by atoms with Crippen LogP contribution in [0.15, 0.2) is 18.2 Å². The lowest BCUT2D eigenvalue weighted by Crippen LogP contribution is -2.41. The first-order valence-corrected chi connectivity index (χ1v) is 10.7. The molecule has 0 aliphatic carbocycles. The smallest absolute Gasteiger partial charge is 0.409 e. The van der Waals surface area contributed by atoms with Crippen molar-refractivity contribution in [3.63, 3.8) is 0 Å². The highest BCUT2D eigenvalue weighted by atomic mass is 16.6. The van der Waals surface area contributed by atoms with Crippen molar-refractivity contribution in [2.75, 3.05) is 26.9 Å². The number of carbonyl (C=O) groups is 2. The highest BCUT2D eigenvalue weighted by molar-refractivity contribution is 5.71. The van der Waals surface area contributed by atoms with Crippen LogP contribution < -0.4 is 20.1 Å². The van der Waals surface area contributed by atoms with E-state index >= 15 is 0 Å². The highest BCUT2D eigenvalue weighted by Crippen LogP contribution is 2.30. The molecule has 0 radical (unpaired) electrons. The van der Waals surface area contributed by atoms with E-state index in [0.29, 0.717) is 23.7 Å². The zero-order valence-corrected chi connectivity index (χ0v) is 18.6. The Balaban J connectivity index is 2.78. The Morgan fingerprint density at radius 3 is 2.03 bits per heavy atom. The monoisotopic (exact) mass is 424 g/mol. The van der Waals surface area contributed by atoms with Crippen LogP contribution in [-0.2, 0) is 9.47 Å². The van der Waals surface area contributed by atoms with Gasteiger partial charge in [-0.3, -0.25) is 10.6 Å². The van der Waals surface area contributed by atoms with Crippen LogP contribution in [0.1, 0.15) is 71.0 Å². The quantitative estimate of drug-likeness (QED) is 0.325. The molecule has 0 saturated heterocycles. The maximum atomic E-state index is 11.9. The molecule has 8 heteroatoms. The molecule has 0 spiro atoms. The summed E-state index contributed by atoms with van der Waals surface area (Å²) in [5.41, 5.74) is 0.597. The van der Waals surface area contributed by atoms with Gasteiger partial charge in [0.25, 0.3) is 0 Å². The maximum Gasteiger partial charge on any atom is 0.409 e. The molecule has 0 aliphatic rings. The molecule has 0 aromatic heterocycles. The van der Waals surface area contributed by atoms with Crippen molar-refractivity contribution < 1.29 is 28.5 Å². The van der Waals surface area contributed by atoms with Crippen LogP contribution in [0.2, 0.25) is 0 Å². The van der Waals surface area contributed by atoms with Gasteiger partial charge in [-0.25, -0.2) is 9.59 Å². The number of carbonyl (C=O) groups excluding carboxylic acids is 2. The largest absolute Gasteiger partial charge is 0.493 e. The summed E-state index contributed by atoms with van der Waals surface area (Å²) in [5, 5.41) is 5.20. The second-order valence-corrected chi connectivity index (χ2v) is 6.69. The first-order valence-electron chi connectivity index (χ1n) is 10.7. The van der Waals surface area contributed by atoms with E-state index in [1.54, 1.807) is 39.2 Å². The van der Waals surface area contributed by atoms with Gasteiger partial charge in [0.1, 0.15) is 6.17 Å². The Labute approximate surface area is 179 Å². The van der Waals surface area contributed by atoms with E-state index < -0.39 is 18.4 Å². The zero-order valence-electron chi connectivity index (χ0n) is 18.6. The molecule has 0 bridgehead atoms. The van der Waals surface area contributed by atoms with E-state index in [-0.39, 0.29) is 13.2 Å². The molecule has 2 N–H and O–H groups in total. The molecule has 30 heavy (non-hydrogen) atoms. The first-order chi connectivity index (χ1) is 14.5. The normalized spacial score (nSPS) is 10.4. The van der Waals surface area contributed by atoms with Gasteiger partial charge in [-0.05, 0) is 38.0 Å². The molecule has 1 aromatic rings. The summed E-state index contributed by atoms with van der Waals surface area (Å²) in [6.07, 6.45) is 4.95. The molecule has 170 valence electrons. The summed E-state index contributed by atoms with van der Waals surface area (Å²) in [4.78, 5) is 23.7. The number of rotatable bonds is 14. The second-order valence-electron chi connectivity index (χ2n) is 6.69. The van der Waals surface area contributed by atoms with Crippen molar-refractivity contribution >= 4 is 12.2 Å². The Kier molecular flexibility index (Phi) is 12.9. The van der Waals surface area contributed by atoms with Gasteiger partial charge in [-0.15, -0.1) is 0 Å². The Morgan fingerprint density at radius 1 is 0.867 bits per heavy atom. The topological polar surface area (TPSA) is 95.1 Å². The van der Waals surface area contributed by atoms with Crippen LogP contribution in [0, 0.1) is 0 Å². The molecule has 0 saturated carbocycles. The number of methoxy groups -OCH3 is 1. The average Bonchev–Trinajstić information content (AvgIpc) is 2.73. The van der Waals surface area contributed by atoms with E-state index in [1.165, 1.54) is 25.7 Å². The van der Waals surface area contributed by atoms with Gasteiger partial charge >= 0.3 is 12.2 Å². The fraction of sp³-hybridized carbons (Fsp3) is 0.636. The summed E-state index contributed by atoms with van der Waals surface area (Å²) in [6, 6.07) is 5.22. The molecular weight excluding hydrogens is 388 g/mol. The van der Waals surface area contributed by atoms with Crippen molar-refractivity contribution in [2.45, 2.75) is 65.5 Å². The van der Waals surface area contributed by atoms with Crippen LogP contribution in [0.4, 0.5) is 9.59 Å². The molecule has 1 rings (SSSR count). The standard InChI is InChI=1S/C22H36N2O6/c1-5-8-9-10-11-12-15-30-18-14-13-17(16-19(18)27-4)20(23-21(25)28-6-2)24-22(26)29-7-3/h13-14,16,20H,5-12,15H2,1-4H3,(H,23,25)(H,24,26). The van der Waals surface area contributed by atoms with Crippen LogP contribution in [0.3, 0.4) is 0 Å². The number of hydrogen-bond acceptors (Lipinski definition) is 6. The highest BCUT2D eigenvalue weighted by Gasteiger charge is 2.20. The van der Waals surface area contributed by atoms with Gasteiger partial charge in [0.15, 0.2) is 11.5 Å². The Hall–Kier alpha value is -2.64. The molecule has 0 aliphatic heterocycles. The van der Waals surface area contributed by atoms with Gasteiger partial charge in [0.2, 0.25) is 0 Å². The summed E-state index contributed by atoms with van der Waals surface area (Å²) >= 11 is 0. The van der Waals surface area contributed by atoms with E-state index in [2.05, 4.69) is 17.6 Å². The molecule has 0 atom stereocenters. The first kappa shape index (κ1) is 25.4. The number of alkyl carbamates (subject to hydrolysis) is 2. The van der Waals surface area contributed by atoms with Crippen molar-refractivity contribution in [2.24, 2.45) is 0 Å². The lowest BCUT2D eigenvalue weighted by Gasteiger charge is -2.21. The number of benzene rings is 1. The average molecular weight is 425 g/mol. The van der Waals surface area contributed by atoms with Gasteiger partial charge in [-0.2, -0.15) is 0 Å². The van der Waals surface area contributed by atoms with Crippen molar-refractivity contribution in [1.82, 2.24) is 10.6 Å². The molecular formula is C22H36N2O6. The third-order valence-electron chi connectivity index (χ3n) is 4.35. The lowest BCUT2D eigenvalue weighted by molar-refractivity contribution is 0.135. The van der Waals surface area contributed by atoms with Crippen LogP contribution in [0.5, 0.6) is 11.5 Å². The Morgan fingerprint density at radius 2 is 1.47 bits per heavy atom. The van der Waals surface area contributed by atoms with Crippen molar-refractivity contribution in [3.8, 4) is 11.5 Å². The fourth-order valence-electron chi connectivity index (χ4n) is 2.83. The summed E-state index contributed by atoms with van der Waals surface area (Å²) in [5.74, 6) is 1.13. The maximum absolute atomic E-state index is 11.9.